The lowest BCUT2D eigenvalue weighted by molar-refractivity contribution is 0.0890. The molecule has 0 spiro atoms. The van der Waals surface area contributed by atoms with E-state index in [-0.39, 0.29) is 5.76 Å². The first-order valence-corrected chi connectivity index (χ1v) is 2.87. The molecule has 1 aromatic rings. The van der Waals surface area contributed by atoms with Crippen molar-refractivity contribution >= 4 is 5.78 Å². The Morgan fingerprint density at radius 1 is 1.82 bits per heavy atom. The fraction of sp³-hybridized carbons (Fsp3) is 0.143. The Balaban J connectivity index is 2.81. The van der Waals surface area contributed by atoms with Gasteiger partial charge in [0, 0.05) is 0 Å². The summed E-state index contributed by atoms with van der Waals surface area (Å²) in [6.45, 7) is 0. The number of ketones is 1. The fourth-order valence-corrected chi connectivity index (χ4v) is 0.602. The van der Waals surface area contributed by atoms with Crippen molar-refractivity contribution in [2.45, 2.75) is 6.17 Å². The summed E-state index contributed by atoms with van der Waals surface area (Å²) in [5, 5.41) is 8.02. The van der Waals surface area contributed by atoms with E-state index < -0.39 is 12.0 Å². The molecule has 0 amide bonds. The summed E-state index contributed by atoms with van der Waals surface area (Å²) in [5.74, 6) is -1.06. The number of nitrogens with zero attached hydrogens (tertiary/aromatic N) is 1. The molecule has 1 rings (SSSR count). The number of carbonyl (C=O) groups is 1. The number of alkyl halides is 1. The van der Waals surface area contributed by atoms with Gasteiger partial charge in [0.25, 0.3) is 6.17 Å². The molecule has 3 nitrogen and oxygen atoms in total. The molecular formula is C7H4FNO2. The Kier molecular flexibility index (Phi) is 2.02. The van der Waals surface area contributed by atoms with Gasteiger partial charge < -0.3 is 4.42 Å². The van der Waals surface area contributed by atoms with Gasteiger partial charge in [-0.25, -0.2) is 4.39 Å². The maximum absolute atomic E-state index is 12.3. The minimum absolute atomic E-state index is 0.126. The Morgan fingerprint density at radius 3 is 3.00 bits per heavy atom. The van der Waals surface area contributed by atoms with Gasteiger partial charge in [0.05, 0.1) is 6.26 Å². The molecule has 1 heterocycles. The van der Waals surface area contributed by atoms with Crippen molar-refractivity contribution in [2.75, 3.05) is 0 Å². The molecule has 1 unspecified atom stereocenters. The lowest BCUT2D eigenvalue weighted by Gasteiger charge is -1.91. The van der Waals surface area contributed by atoms with Gasteiger partial charge in [-0.15, -0.1) is 0 Å². The third-order valence-corrected chi connectivity index (χ3v) is 1.11. The Morgan fingerprint density at radius 2 is 2.55 bits per heavy atom. The zero-order valence-corrected chi connectivity index (χ0v) is 5.45. The Labute approximate surface area is 62.0 Å². The summed E-state index contributed by atoms with van der Waals surface area (Å²) in [7, 11) is 0. The average Bonchev–Trinajstić information content (AvgIpc) is 2.53. The van der Waals surface area contributed by atoms with E-state index in [0.29, 0.717) is 0 Å². The summed E-state index contributed by atoms with van der Waals surface area (Å²) < 4.78 is 16.9. The van der Waals surface area contributed by atoms with Crippen LogP contribution in [0.3, 0.4) is 0 Å². The Bertz CT molecular complexity index is 286. The maximum atomic E-state index is 12.3. The van der Waals surface area contributed by atoms with Crippen molar-refractivity contribution in [3.05, 3.63) is 24.2 Å². The standard InChI is InChI=1S/C7H4FNO2/c8-5(4-9)7(10)6-2-1-3-11-6/h1-3,5H. The van der Waals surface area contributed by atoms with Crippen LogP contribution in [0.25, 0.3) is 0 Å². The summed E-state index contributed by atoms with van der Waals surface area (Å²) in [6.07, 6.45) is -0.877. The molecule has 0 aliphatic carbocycles. The number of hydrogen-bond donors (Lipinski definition) is 0. The van der Waals surface area contributed by atoms with E-state index in [2.05, 4.69) is 4.42 Å². The molecular weight excluding hydrogens is 149 g/mol. The molecule has 0 radical (unpaired) electrons. The second-order valence-electron chi connectivity index (χ2n) is 1.83. The first kappa shape index (κ1) is 7.48. The predicted molar refractivity (Wildman–Crippen MR) is 33.5 cm³/mol. The normalized spacial score (nSPS) is 12.0. The van der Waals surface area contributed by atoms with Crippen molar-refractivity contribution in [1.82, 2.24) is 0 Å². The summed E-state index contributed by atoms with van der Waals surface area (Å²) >= 11 is 0. The highest BCUT2D eigenvalue weighted by Gasteiger charge is 2.20. The zero-order valence-electron chi connectivity index (χ0n) is 5.45. The highest BCUT2D eigenvalue weighted by atomic mass is 19.1. The minimum atomic E-state index is -2.12. The highest BCUT2D eigenvalue weighted by molar-refractivity contribution is 5.98. The third kappa shape index (κ3) is 1.44. The maximum Gasteiger partial charge on any atom is 0.251 e. The quantitative estimate of drug-likeness (QED) is 0.602. The van der Waals surface area contributed by atoms with E-state index in [0.717, 1.165) is 0 Å². The van der Waals surface area contributed by atoms with E-state index in [1.54, 1.807) is 0 Å². The number of hydrogen-bond acceptors (Lipinski definition) is 3. The molecule has 1 aromatic heterocycles. The van der Waals surface area contributed by atoms with Gasteiger partial charge in [-0.3, -0.25) is 4.79 Å². The van der Waals surface area contributed by atoms with E-state index in [9.17, 15) is 9.18 Å². The number of rotatable bonds is 2. The van der Waals surface area contributed by atoms with E-state index in [1.807, 2.05) is 0 Å². The van der Waals surface area contributed by atoms with Crippen LogP contribution in [-0.4, -0.2) is 12.0 Å². The fourth-order valence-electron chi connectivity index (χ4n) is 0.602. The molecule has 0 aliphatic rings. The van der Waals surface area contributed by atoms with Crippen molar-refractivity contribution in [1.29, 1.82) is 5.26 Å². The van der Waals surface area contributed by atoms with Crippen LogP contribution in [0.2, 0.25) is 0 Å². The van der Waals surface area contributed by atoms with Crippen molar-refractivity contribution in [2.24, 2.45) is 0 Å². The van der Waals surface area contributed by atoms with Gasteiger partial charge >= 0.3 is 0 Å². The van der Waals surface area contributed by atoms with Crippen molar-refractivity contribution in [3.63, 3.8) is 0 Å². The van der Waals surface area contributed by atoms with Crippen LogP contribution >= 0.6 is 0 Å². The number of Topliss-reactive ketones (excluding diaryl/α,β-unsaturated/α-hetero) is 1. The number of halogens is 1. The largest absolute Gasteiger partial charge is 0.461 e. The van der Waals surface area contributed by atoms with Crippen molar-refractivity contribution < 1.29 is 13.6 Å². The second-order valence-corrected chi connectivity index (χ2v) is 1.83. The summed E-state index contributed by atoms with van der Waals surface area (Å²) in [5.41, 5.74) is 0. The molecule has 0 saturated carbocycles. The smallest absolute Gasteiger partial charge is 0.251 e. The lowest BCUT2D eigenvalue weighted by Crippen LogP contribution is -2.12. The summed E-state index contributed by atoms with van der Waals surface area (Å²) in [6, 6.07) is 3.94. The van der Waals surface area contributed by atoms with Crippen LogP contribution in [0, 0.1) is 11.3 Å². The molecule has 1 atom stereocenters. The minimum Gasteiger partial charge on any atom is -0.461 e. The van der Waals surface area contributed by atoms with Crippen LogP contribution in [-0.2, 0) is 0 Å². The van der Waals surface area contributed by atoms with Crippen LogP contribution in [0.4, 0.5) is 4.39 Å². The molecule has 4 heteroatoms. The highest BCUT2D eigenvalue weighted by Crippen LogP contribution is 2.05. The van der Waals surface area contributed by atoms with E-state index in [4.69, 9.17) is 5.26 Å². The monoisotopic (exact) mass is 153 g/mol. The van der Waals surface area contributed by atoms with Crippen LogP contribution in [0.15, 0.2) is 22.8 Å². The van der Waals surface area contributed by atoms with Crippen LogP contribution in [0.1, 0.15) is 10.6 Å². The first-order chi connectivity index (χ1) is 5.25. The van der Waals surface area contributed by atoms with Crippen LogP contribution in [0.5, 0.6) is 0 Å². The molecule has 0 aromatic carbocycles. The van der Waals surface area contributed by atoms with Crippen molar-refractivity contribution in [3.8, 4) is 6.07 Å². The van der Waals surface area contributed by atoms with E-state index in [1.165, 1.54) is 24.5 Å². The topological polar surface area (TPSA) is 54.0 Å². The van der Waals surface area contributed by atoms with Gasteiger partial charge in [-0.05, 0) is 12.1 Å². The second kappa shape index (κ2) is 2.97. The number of nitriles is 1. The SMILES string of the molecule is N#CC(F)C(=O)c1ccco1. The van der Waals surface area contributed by atoms with Crippen LogP contribution < -0.4 is 0 Å². The van der Waals surface area contributed by atoms with Gasteiger partial charge in [0.15, 0.2) is 5.76 Å². The predicted octanol–water partition coefficient (Wildman–Crippen LogP) is 1.32. The van der Waals surface area contributed by atoms with E-state index >= 15 is 0 Å². The summed E-state index contributed by atoms with van der Waals surface area (Å²) in [4.78, 5) is 10.7. The lowest BCUT2D eigenvalue weighted by atomic mass is 10.2. The first-order valence-electron chi connectivity index (χ1n) is 2.87. The van der Waals surface area contributed by atoms with Gasteiger partial charge in [-0.1, -0.05) is 0 Å². The molecule has 56 valence electrons. The molecule has 0 bridgehead atoms. The van der Waals surface area contributed by atoms with Gasteiger partial charge in [-0.2, -0.15) is 5.26 Å². The molecule has 0 fully saturated rings. The Hall–Kier alpha value is -1.63. The zero-order chi connectivity index (χ0) is 8.27. The van der Waals surface area contributed by atoms with Gasteiger partial charge in [0.1, 0.15) is 6.07 Å². The number of furan rings is 1. The third-order valence-electron chi connectivity index (χ3n) is 1.11. The number of carbonyl (C=O) groups excluding carboxylic acids is 1. The molecule has 0 aliphatic heterocycles. The average molecular weight is 153 g/mol. The molecule has 11 heavy (non-hydrogen) atoms. The molecule has 0 N–H and O–H groups in total. The molecule has 0 saturated heterocycles. The van der Waals surface area contributed by atoms with Gasteiger partial charge in [0.2, 0.25) is 5.78 Å².